The van der Waals surface area contributed by atoms with Gasteiger partial charge in [0.15, 0.2) is 5.78 Å². The number of nitrogens with zero attached hydrogens (tertiary/aromatic N) is 2. The largest absolute Gasteiger partial charge is 0.378 e. The minimum Gasteiger partial charge on any atom is -0.378 e. The molecule has 1 aliphatic rings. The average molecular weight is 421 g/mol. The number of nitrogens with one attached hydrogen (secondary N) is 1. The third kappa shape index (κ3) is 4.62. The number of amidine groups is 1. The Morgan fingerprint density at radius 1 is 1.07 bits per heavy atom. The highest BCUT2D eigenvalue weighted by atomic mass is 35.5. The van der Waals surface area contributed by atoms with Gasteiger partial charge in [0.1, 0.15) is 0 Å². The minimum absolute atomic E-state index is 0.215. The molecule has 0 radical (unpaired) electrons. The number of rotatable bonds is 4. The summed E-state index contributed by atoms with van der Waals surface area (Å²) in [5, 5.41) is 4.64. The first-order valence-electron chi connectivity index (χ1n) is 8.52. The fourth-order valence-electron chi connectivity index (χ4n) is 2.69. The van der Waals surface area contributed by atoms with Crippen LogP contribution in [0.2, 0.25) is 10.0 Å². The first-order chi connectivity index (χ1) is 13.5. The van der Waals surface area contributed by atoms with Gasteiger partial charge in [-0.3, -0.25) is 15.0 Å². The Bertz CT molecular complexity index is 927. The Morgan fingerprint density at radius 2 is 1.79 bits per heavy atom. The third-order valence-electron chi connectivity index (χ3n) is 4.16. The number of amides is 1. The van der Waals surface area contributed by atoms with E-state index in [0.717, 1.165) is 0 Å². The lowest BCUT2D eigenvalue weighted by molar-refractivity contribution is -0.128. The number of anilines is 1. The summed E-state index contributed by atoms with van der Waals surface area (Å²) in [6.45, 7) is 1.82. The van der Waals surface area contributed by atoms with E-state index in [-0.39, 0.29) is 17.2 Å². The van der Waals surface area contributed by atoms with Crippen molar-refractivity contribution in [2.45, 2.75) is 0 Å². The second kappa shape index (κ2) is 9.05. The van der Waals surface area contributed by atoms with Gasteiger partial charge >= 0.3 is 0 Å². The van der Waals surface area contributed by atoms with Gasteiger partial charge in [0, 0.05) is 29.2 Å². The van der Waals surface area contributed by atoms with Crippen LogP contribution in [0.5, 0.6) is 0 Å². The van der Waals surface area contributed by atoms with Crippen LogP contribution in [0.4, 0.5) is 5.69 Å². The van der Waals surface area contributed by atoms with Gasteiger partial charge in [-0.25, -0.2) is 0 Å². The van der Waals surface area contributed by atoms with Crippen molar-refractivity contribution in [3.8, 4) is 0 Å². The van der Waals surface area contributed by atoms with E-state index < -0.39 is 5.91 Å². The smallest absolute Gasteiger partial charge is 0.291 e. The fourth-order valence-corrected chi connectivity index (χ4v) is 3.08. The molecule has 0 atom stereocenters. The van der Waals surface area contributed by atoms with E-state index in [1.54, 1.807) is 41.3 Å². The maximum absolute atomic E-state index is 12.9. The number of carbonyl (C=O) groups excluding carboxylic acids is 2. The maximum atomic E-state index is 12.9. The summed E-state index contributed by atoms with van der Waals surface area (Å²) in [4.78, 5) is 26.8. The standard InChI is InChI=1S/C19H18Cl2N4O3/c20-12-5-6-16(14(11-12)17(26)13-3-1-2-4-15(13)21)23-24-18(22)19(27)25-7-9-28-10-8-25/h1-6,11,23H,7-10H2,(H2,22,24). The van der Waals surface area contributed by atoms with Gasteiger partial charge < -0.3 is 15.4 Å². The summed E-state index contributed by atoms with van der Waals surface area (Å²) in [5.74, 6) is -0.944. The summed E-state index contributed by atoms with van der Waals surface area (Å²) in [6.07, 6.45) is 0. The maximum Gasteiger partial charge on any atom is 0.291 e. The molecule has 1 fully saturated rings. The van der Waals surface area contributed by atoms with Gasteiger partial charge in [-0.15, -0.1) is 0 Å². The Balaban J connectivity index is 1.83. The molecule has 7 nitrogen and oxygen atoms in total. The molecule has 1 saturated heterocycles. The van der Waals surface area contributed by atoms with Crippen molar-refractivity contribution >= 4 is 46.4 Å². The number of nitrogens with two attached hydrogens (primary N) is 1. The first-order valence-corrected chi connectivity index (χ1v) is 9.28. The summed E-state index contributed by atoms with van der Waals surface area (Å²) in [5.41, 5.74) is 9.45. The van der Waals surface area contributed by atoms with Crippen LogP contribution in [0, 0.1) is 0 Å². The molecule has 146 valence electrons. The van der Waals surface area contributed by atoms with E-state index in [2.05, 4.69) is 10.5 Å². The number of hydrogen-bond acceptors (Lipinski definition) is 5. The van der Waals surface area contributed by atoms with E-state index >= 15 is 0 Å². The fraction of sp³-hybridized carbons (Fsp3) is 0.211. The second-order valence-electron chi connectivity index (χ2n) is 6.01. The highest BCUT2D eigenvalue weighted by molar-refractivity contribution is 6.37. The summed E-state index contributed by atoms with van der Waals surface area (Å²) in [7, 11) is 0. The van der Waals surface area contributed by atoms with Gasteiger partial charge in [0.25, 0.3) is 5.91 Å². The van der Waals surface area contributed by atoms with Gasteiger partial charge in [-0.05, 0) is 30.3 Å². The molecule has 0 bridgehead atoms. The van der Waals surface area contributed by atoms with Crippen molar-refractivity contribution in [2.75, 3.05) is 31.7 Å². The average Bonchev–Trinajstić information content (AvgIpc) is 2.72. The van der Waals surface area contributed by atoms with Crippen LogP contribution in [-0.4, -0.2) is 48.7 Å². The van der Waals surface area contributed by atoms with Gasteiger partial charge in [-0.2, -0.15) is 5.10 Å². The van der Waals surface area contributed by atoms with Crippen LogP contribution in [-0.2, 0) is 9.53 Å². The lowest BCUT2D eigenvalue weighted by Gasteiger charge is -2.26. The van der Waals surface area contributed by atoms with Crippen molar-refractivity contribution < 1.29 is 14.3 Å². The van der Waals surface area contributed by atoms with Crippen molar-refractivity contribution in [1.29, 1.82) is 0 Å². The summed E-state index contributed by atoms with van der Waals surface area (Å²) >= 11 is 12.2. The molecule has 0 unspecified atom stereocenters. The number of hydrogen-bond donors (Lipinski definition) is 2. The molecule has 2 aromatic carbocycles. The Morgan fingerprint density at radius 3 is 2.50 bits per heavy atom. The molecule has 28 heavy (non-hydrogen) atoms. The molecule has 3 N–H and O–H groups in total. The second-order valence-corrected chi connectivity index (χ2v) is 6.86. The number of morpholine rings is 1. The number of hydrazone groups is 1. The lowest BCUT2D eigenvalue weighted by Crippen LogP contribution is -2.46. The van der Waals surface area contributed by atoms with Crippen LogP contribution in [0.1, 0.15) is 15.9 Å². The van der Waals surface area contributed by atoms with E-state index in [9.17, 15) is 9.59 Å². The molecule has 1 heterocycles. The zero-order valence-corrected chi connectivity index (χ0v) is 16.3. The number of ketones is 1. The monoisotopic (exact) mass is 420 g/mol. The van der Waals surface area contributed by atoms with Crippen LogP contribution in [0.15, 0.2) is 47.6 Å². The Kier molecular flexibility index (Phi) is 6.51. The molecule has 0 saturated carbocycles. The normalized spacial score (nSPS) is 14.6. The van der Waals surface area contributed by atoms with E-state index in [1.807, 2.05) is 0 Å². The van der Waals surface area contributed by atoms with Crippen LogP contribution >= 0.6 is 23.2 Å². The predicted molar refractivity (Wildman–Crippen MR) is 109 cm³/mol. The molecule has 0 spiro atoms. The lowest BCUT2D eigenvalue weighted by atomic mass is 10.0. The third-order valence-corrected chi connectivity index (χ3v) is 4.72. The number of ether oxygens (including phenoxy) is 1. The van der Waals surface area contributed by atoms with E-state index in [1.165, 1.54) is 6.07 Å². The van der Waals surface area contributed by atoms with Crippen LogP contribution in [0.3, 0.4) is 0 Å². The highest BCUT2D eigenvalue weighted by Crippen LogP contribution is 2.26. The molecule has 1 aliphatic heterocycles. The van der Waals surface area contributed by atoms with Gasteiger partial charge in [0.2, 0.25) is 5.84 Å². The van der Waals surface area contributed by atoms with Crippen LogP contribution in [0.25, 0.3) is 0 Å². The molecular formula is C19H18Cl2N4O3. The van der Waals surface area contributed by atoms with E-state index in [4.69, 9.17) is 33.7 Å². The highest BCUT2D eigenvalue weighted by Gasteiger charge is 2.21. The number of carbonyl (C=O) groups is 2. The Labute approximate surface area is 172 Å². The molecule has 9 heteroatoms. The summed E-state index contributed by atoms with van der Waals surface area (Å²) in [6, 6.07) is 11.4. The molecule has 0 aliphatic carbocycles. The topological polar surface area (TPSA) is 97.0 Å². The predicted octanol–water partition coefficient (Wildman–Crippen LogP) is 2.77. The van der Waals surface area contributed by atoms with E-state index in [0.29, 0.717) is 47.6 Å². The molecule has 1 amide bonds. The molecule has 3 rings (SSSR count). The molecular weight excluding hydrogens is 403 g/mol. The Hall–Kier alpha value is -2.61. The van der Waals surface area contributed by atoms with Crippen molar-refractivity contribution in [2.24, 2.45) is 10.8 Å². The van der Waals surface area contributed by atoms with Gasteiger partial charge in [0.05, 0.1) is 23.9 Å². The minimum atomic E-state index is -0.399. The number of halogens is 2. The molecule has 2 aromatic rings. The van der Waals surface area contributed by atoms with Crippen molar-refractivity contribution in [1.82, 2.24) is 4.90 Å². The molecule has 0 aromatic heterocycles. The van der Waals surface area contributed by atoms with Gasteiger partial charge in [-0.1, -0.05) is 35.3 Å². The zero-order chi connectivity index (χ0) is 20.1. The van der Waals surface area contributed by atoms with Crippen molar-refractivity contribution in [3.05, 3.63) is 63.6 Å². The number of benzene rings is 2. The SMILES string of the molecule is N/C(=N\Nc1ccc(Cl)cc1C(=O)c1ccccc1Cl)C(=O)N1CCOCC1. The summed E-state index contributed by atoms with van der Waals surface area (Å²) < 4.78 is 5.21. The van der Waals surface area contributed by atoms with Crippen LogP contribution < -0.4 is 11.2 Å². The zero-order valence-electron chi connectivity index (χ0n) is 14.8. The van der Waals surface area contributed by atoms with Crippen molar-refractivity contribution in [3.63, 3.8) is 0 Å². The first kappa shape index (κ1) is 20.1. The quantitative estimate of drug-likeness (QED) is 0.343.